The van der Waals surface area contributed by atoms with Gasteiger partial charge in [-0.25, -0.2) is 0 Å². The lowest BCUT2D eigenvalue weighted by atomic mass is 9.29. The Morgan fingerprint density at radius 3 is 2.39 bits per heavy atom. The summed E-state index contributed by atoms with van der Waals surface area (Å²) in [6, 6.07) is 54.4. The van der Waals surface area contributed by atoms with Gasteiger partial charge in [0.05, 0.1) is 28.9 Å². The summed E-state index contributed by atoms with van der Waals surface area (Å²) >= 11 is 3.94. The van der Waals surface area contributed by atoms with E-state index in [1.165, 1.54) is 98.1 Å². The van der Waals surface area contributed by atoms with Gasteiger partial charge in [-0.05, 0) is 126 Å². The summed E-state index contributed by atoms with van der Waals surface area (Å²) in [5.74, 6) is 0. The topological polar surface area (TPSA) is 13.0 Å². The molecule has 1 aromatic heterocycles. The van der Waals surface area contributed by atoms with E-state index >= 15 is 0 Å². The van der Waals surface area contributed by atoms with Gasteiger partial charge in [-0.2, -0.15) is 0 Å². The maximum Gasteiger partial charge on any atom is 0.247 e. The zero-order valence-corrected chi connectivity index (χ0v) is 43.9. The summed E-state index contributed by atoms with van der Waals surface area (Å²) in [5.41, 5.74) is 18.7. The SMILES string of the molecule is C=C/C=C\CN1C2=C(C=CC3Sc4ccccc4[C@@]23C)B2C3=C(C=C(N(c4ccccc4)C4C=CC=C5N(c6ccccc6)c6ccccc6[C@]54C)CC31)N(C1=CC(=C)CC=C1)c1c2ccc2sc3ccccc3c12. The number of nitrogens with zero attached hydrogens (tertiary/aromatic N) is 4. The number of thiophene rings is 1. The molecule has 0 bridgehead atoms. The third kappa shape index (κ3) is 6.32. The van der Waals surface area contributed by atoms with Gasteiger partial charge in [0.2, 0.25) is 6.71 Å². The summed E-state index contributed by atoms with van der Waals surface area (Å²) in [5, 5.41) is 2.89. The molecule has 362 valence electrons. The molecule has 0 N–H and O–H groups in total. The molecule has 15 rings (SSSR count). The Hall–Kier alpha value is -7.71. The highest BCUT2D eigenvalue weighted by Gasteiger charge is 2.59. The van der Waals surface area contributed by atoms with Crippen molar-refractivity contribution >= 4 is 78.2 Å². The molecule has 3 unspecified atom stereocenters. The van der Waals surface area contributed by atoms with E-state index in [1.807, 2.05) is 29.2 Å². The fourth-order valence-corrected chi connectivity index (χ4v) is 17.0. The Balaban J connectivity index is 1.03. The van der Waals surface area contributed by atoms with Crippen molar-refractivity contribution in [2.75, 3.05) is 21.2 Å². The average molecular weight is 1000 g/mol. The van der Waals surface area contributed by atoms with Crippen LogP contribution in [-0.4, -0.2) is 35.5 Å². The van der Waals surface area contributed by atoms with Crippen LogP contribution in [0, 0.1) is 0 Å². The number of hydrogen-bond acceptors (Lipinski definition) is 6. The zero-order chi connectivity index (χ0) is 50.2. The van der Waals surface area contributed by atoms with Crippen molar-refractivity contribution < 1.29 is 0 Å². The molecule has 8 aliphatic rings. The summed E-state index contributed by atoms with van der Waals surface area (Å²) in [6.07, 6.45) is 30.0. The largest absolute Gasteiger partial charge is 0.364 e. The van der Waals surface area contributed by atoms with E-state index in [9.17, 15) is 0 Å². The smallest absolute Gasteiger partial charge is 0.247 e. The molecule has 4 aliphatic carbocycles. The maximum atomic E-state index is 4.62. The number of rotatable bonds is 8. The Morgan fingerprint density at radius 1 is 0.773 bits per heavy atom. The third-order valence-electron chi connectivity index (χ3n) is 17.6. The fraction of sp³-hybridized carbons (Fsp3) is 0.147. The molecule has 4 nitrogen and oxygen atoms in total. The van der Waals surface area contributed by atoms with Crippen LogP contribution in [0.1, 0.15) is 37.8 Å². The Morgan fingerprint density at radius 2 is 1.55 bits per heavy atom. The second-order valence-electron chi connectivity index (χ2n) is 21.5. The van der Waals surface area contributed by atoms with Crippen molar-refractivity contribution in [2.45, 2.75) is 59.7 Å². The molecule has 4 aliphatic heterocycles. The second-order valence-corrected chi connectivity index (χ2v) is 23.7. The molecule has 0 radical (unpaired) electrons. The molecule has 7 heteroatoms. The molecule has 0 saturated heterocycles. The van der Waals surface area contributed by atoms with Gasteiger partial charge in [0, 0.05) is 88.6 Å². The molecule has 0 amide bonds. The highest BCUT2D eigenvalue weighted by atomic mass is 32.2. The van der Waals surface area contributed by atoms with E-state index < -0.39 is 5.41 Å². The molecular weight excluding hydrogens is 948 g/mol. The van der Waals surface area contributed by atoms with Crippen LogP contribution in [0.5, 0.6) is 0 Å². The first-order chi connectivity index (χ1) is 36.9. The lowest BCUT2D eigenvalue weighted by molar-refractivity contribution is 0.254. The van der Waals surface area contributed by atoms with Crippen molar-refractivity contribution in [3.63, 3.8) is 0 Å². The number of anilines is 4. The van der Waals surface area contributed by atoms with E-state index in [-0.39, 0.29) is 29.5 Å². The van der Waals surface area contributed by atoms with Gasteiger partial charge in [-0.15, -0.1) is 23.1 Å². The van der Waals surface area contributed by atoms with Crippen molar-refractivity contribution in [3.8, 4) is 0 Å². The Bertz CT molecular complexity index is 3920. The van der Waals surface area contributed by atoms with Crippen molar-refractivity contribution in [1.82, 2.24) is 4.90 Å². The van der Waals surface area contributed by atoms with E-state index in [0.29, 0.717) is 0 Å². The number of thioether (sulfide) groups is 1. The third-order valence-corrected chi connectivity index (χ3v) is 20.2. The maximum absolute atomic E-state index is 4.62. The van der Waals surface area contributed by atoms with E-state index in [4.69, 9.17) is 0 Å². The molecule has 0 fully saturated rings. The van der Waals surface area contributed by atoms with Gasteiger partial charge in [0.15, 0.2) is 0 Å². The lowest BCUT2D eigenvalue weighted by Gasteiger charge is -2.56. The predicted molar refractivity (Wildman–Crippen MR) is 320 cm³/mol. The standard InChI is InChI=1S/C68H55BN4S2/c1-5-6-19-40-70-55-42-48(71(45-23-9-7-10-24-45)60-34-21-35-61-67(60,3)50-29-14-16-31-54(50)72(61)46-25-11-8-12-26-46)43-56-64(55)69(53-37-39-62-68(4,66(53)70)51-30-15-18-33-58(51)75-62)52-36-38-59-63(49-28-13-17-32-57(49)74-59)65(52)73(56)47-27-20-22-44(2)41-47/h5-21,23-39,41,43,55,60,62H,1-2,22,40,42H2,3-4H3/b19-6-/t55?,60?,62?,67-,68+/m0/s1. The van der Waals surface area contributed by atoms with Gasteiger partial charge >= 0.3 is 0 Å². The van der Waals surface area contributed by atoms with Crippen LogP contribution in [-0.2, 0) is 10.8 Å². The van der Waals surface area contributed by atoms with Crippen molar-refractivity contribution in [1.29, 1.82) is 0 Å². The molecule has 75 heavy (non-hydrogen) atoms. The zero-order valence-electron chi connectivity index (χ0n) is 42.2. The average Bonchev–Trinajstić information content (AvgIpc) is 4.07. The minimum atomic E-state index is -0.434. The monoisotopic (exact) mass is 1000 g/mol. The van der Waals surface area contributed by atoms with Gasteiger partial charge in [0.1, 0.15) is 0 Å². The number of benzene rings is 6. The van der Waals surface area contributed by atoms with Gasteiger partial charge in [0.25, 0.3) is 0 Å². The molecule has 0 saturated carbocycles. The van der Waals surface area contributed by atoms with Gasteiger partial charge < -0.3 is 19.6 Å². The van der Waals surface area contributed by atoms with E-state index in [2.05, 4.69) is 259 Å². The lowest BCUT2D eigenvalue weighted by Crippen LogP contribution is -2.61. The van der Waals surface area contributed by atoms with Crippen molar-refractivity contribution in [2.24, 2.45) is 0 Å². The first kappa shape index (κ1) is 44.8. The van der Waals surface area contributed by atoms with Crippen LogP contribution in [0.25, 0.3) is 20.2 Å². The van der Waals surface area contributed by atoms with Gasteiger partial charge in [-0.3, -0.25) is 0 Å². The normalized spacial score (nSPS) is 24.7. The van der Waals surface area contributed by atoms with E-state index in [1.54, 1.807) is 0 Å². The predicted octanol–water partition coefficient (Wildman–Crippen LogP) is 15.7. The minimum Gasteiger partial charge on any atom is -0.364 e. The van der Waals surface area contributed by atoms with Crippen LogP contribution < -0.4 is 20.2 Å². The molecule has 0 spiro atoms. The van der Waals surface area contributed by atoms with Crippen LogP contribution in [0.4, 0.5) is 22.7 Å². The number of hydrogen-bond donors (Lipinski definition) is 0. The van der Waals surface area contributed by atoms with E-state index in [0.717, 1.165) is 30.7 Å². The summed E-state index contributed by atoms with van der Waals surface area (Å²) in [6.45, 7) is 14.6. The molecule has 5 atom stereocenters. The Kier molecular flexibility index (Phi) is 10.1. The van der Waals surface area contributed by atoms with Crippen LogP contribution >= 0.6 is 23.1 Å². The fourth-order valence-electron chi connectivity index (χ4n) is 14.4. The highest BCUT2D eigenvalue weighted by molar-refractivity contribution is 8.00. The van der Waals surface area contributed by atoms with Crippen LogP contribution in [0.15, 0.2) is 282 Å². The summed E-state index contributed by atoms with van der Waals surface area (Å²) in [7, 11) is 0. The van der Waals surface area contributed by atoms with Crippen LogP contribution in [0.2, 0.25) is 0 Å². The molecule has 7 aromatic rings. The second kappa shape index (κ2) is 16.9. The highest BCUT2D eigenvalue weighted by Crippen LogP contribution is 2.62. The molecule has 6 aromatic carbocycles. The van der Waals surface area contributed by atoms with Crippen LogP contribution in [0.3, 0.4) is 0 Å². The quantitative estimate of drug-likeness (QED) is 0.111. The Labute approximate surface area is 449 Å². The number of allylic oxidation sites excluding steroid dienone is 12. The first-order valence-corrected chi connectivity index (χ1v) is 28.2. The number of fused-ring (bicyclic) bond motifs is 14. The first-order valence-electron chi connectivity index (χ1n) is 26.5. The molecule has 5 heterocycles. The summed E-state index contributed by atoms with van der Waals surface area (Å²) in [4.78, 5) is 12.1. The minimum absolute atomic E-state index is 0.000160. The van der Waals surface area contributed by atoms with Gasteiger partial charge in [-0.1, -0.05) is 159 Å². The summed E-state index contributed by atoms with van der Waals surface area (Å²) < 4.78 is 2.62. The van der Waals surface area contributed by atoms with Crippen molar-refractivity contribution in [3.05, 3.63) is 288 Å². The number of para-hydroxylation sites is 3. The molecular formula is C68H55BN4S2.